The number of benzene rings is 1. The van der Waals surface area contributed by atoms with Gasteiger partial charge in [-0.05, 0) is 37.0 Å². The van der Waals surface area contributed by atoms with E-state index >= 15 is 0 Å². The van der Waals surface area contributed by atoms with Gasteiger partial charge >= 0.3 is 5.97 Å². The Morgan fingerprint density at radius 1 is 1.38 bits per heavy atom. The van der Waals surface area contributed by atoms with Gasteiger partial charge in [-0.15, -0.1) is 0 Å². The zero-order valence-electron chi connectivity index (χ0n) is 12.8. The fourth-order valence-electron chi connectivity index (χ4n) is 3.52. The third kappa shape index (κ3) is 2.33. The Morgan fingerprint density at radius 3 is 2.71 bits per heavy atom. The van der Waals surface area contributed by atoms with Crippen molar-refractivity contribution in [3.05, 3.63) is 29.6 Å². The van der Waals surface area contributed by atoms with E-state index < -0.39 is 5.97 Å². The van der Waals surface area contributed by atoms with Crippen molar-refractivity contribution in [3.63, 3.8) is 0 Å². The van der Waals surface area contributed by atoms with Gasteiger partial charge in [0, 0.05) is 12.0 Å². The maximum atomic E-state index is 11.1. The molecular formula is C17H22N2O2. The quantitative estimate of drug-likeness (QED) is 0.919. The first-order valence-corrected chi connectivity index (χ1v) is 7.74. The van der Waals surface area contributed by atoms with Crippen LogP contribution in [0.2, 0.25) is 0 Å². The Bertz CT molecular complexity index is 687. The van der Waals surface area contributed by atoms with Gasteiger partial charge in [0.25, 0.3) is 0 Å². The van der Waals surface area contributed by atoms with Crippen LogP contribution in [-0.4, -0.2) is 20.6 Å². The summed E-state index contributed by atoms with van der Waals surface area (Å²) in [5, 5.41) is 9.15. The minimum Gasteiger partial charge on any atom is -0.478 e. The van der Waals surface area contributed by atoms with Crippen LogP contribution in [0.1, 0.15) is 68.2 Å². The standard InChI is InChI=1S/C17H22N2O2/c1-10(2)16-18-13-9-12(17(20)21)7-8-15(13)19(16)14-6-4-5-11(14)3/h7-11,14H,4-6H2,1-3H3,(H,20,21). The Morgan fingerprint density at radius 2 is 2.14 bits per heavy atom. The first kappa shape index (κ1) is 14.1. The molecule has 1 aliphatic carbocycles. The molecule has 21 heavy (non-hydrogen) atoms. The van der Waals surface area contributed by atoms with Crippen molar-refractivity contribution in [1.82, 2.24) is 9.55 Å². The van der Waals surface area contributed by atoms with Crippen LogP contribution in [0, 0.1) is 5.92 Å². The average molecular weight is 286 g/mol. The normalized spacial score (nSPS) is 22.3. The molecule has 0 aliphatic heterocycles. The average Bonchev–Trinajstić information content (AvgIpc) is 3.00. The lowest BCUT2D eigenvalue weighted by molar-refractivity contribution is 0.0697. The van der Waals surface area contributed by atoms with Crippen molar-refractivity contribution in [3.8, 4) is 0 Å². The monoisotopic (exact) mass is 286 g/mol. The first-order valence-electron chi connectivity index (χ1n) is 7.74. The van der Waals surface area contributed by atoms with Gasteiger partial charge in [0.1, 0.15) is 5.82 Å². The minimum absolute atomic E-state index is 0.307. The summed E-state index contributed by atoms with van der Waals surface area (Å²) >= 11 is 0. The second-order valence-corrected chi connectivity index (χ2v) is 6.48. The SMILES string of the molecule is CC(C)c1nc2cc(C(=O)O)ccc2n1C1CCCC1C. The molecule has 0 amide bonds. The number of carboxylic acid groups (broad SMARTS) is 1. The summed E-state index contributed by atoms with van der Waals surface area (Å²) in [6.45, 7) is 6.60. The molecule has 2 unspecified atom stereocenters. The van der Waals surface area contributed by atoms with E-state index in [0.29, 0.717) is 23.4 Å². The molecule has 2 atom stereocenters. The van der Waals surface area contributed by atoms with E-state index in [2.05, 4.69) is 25.3 Å². The third-order valence-corrected chi connectivity index (χ3v) is 4.63. The summed E-state index contributed by atoms with van der Waals surface area (Å²) < 4.78 is 2.36. The molecule has 0 bridgehead atoms. The molecule has 4 heteroatoms. The van der Waals surface area contributed by atoms with E-state index in [9.17, 15) is 4.79 Å². The van der Waals surface area contributed by atoms with Crippen LogP contribution in [-0.2, 0) is 0 Å². The van der Waals surface area contributed by atoms with Crippen molar-refractivity contribution in [1.29, 1.82) is 0 Å². The zero-order chi connectivity index (χ0) is 15.1. The van der Waals surface area contributed by atoms with Crippen molar-refractivity contribution in [2.45, 2.75) is 52.0 Å². The summed E-state index contributed by atoms with van der Waals surface area (Å²) in [6.07, 6.45) is 3.71. The van der Waals surface area contributed by atoms with E-state index in [4.69, 9.17) is 10.1 Å². The van der Waals surface area contributed by atoms with Gasteiger partial charge in [-0.1, -0.05) is 27.2 Å². The van der Waals surface area contributed by atoms with Crippen LogP contribution in [0.25, 0.3) is 11.0 Å². The predicted octanol–water partition coefficient (Wildman–Crippen LogP) is 4.22. The molecule has 112 valence electrons. The molecule has 0 spiro atoms. The Labute approximate surface area is 124 Å². The number of imidazole rings is 1. The fraction of sp³-hybridized carbons (Fsp3) is 0.529. The van der Waals surface area contributed by atoms with Crippen LogP contribution in [0.15, 0.2) is 18.2 Å². The first-order chi connectivity index (χ1) is 9.99. The smallest absolute Gasteiger partial charge is 0.335 e. The molecule has 2 aromatic rings. The molecule has 1 aromatic carbocycles. The van der Waals surface area contributed by atoms with Crippen molar-refractivity contribution < 1.29 is 9.90 Å². The highest BCUT2D eigenvalue weighted by Gasteiger charge is 2.29. The molecule has 1 heterocycles. The highest BCUT2D eigenvalue weighted by molar-refractivity contribution is 5.92. The van der Waals surface area contributed by atoms with Crippen molar-refractivity contribution in [2.24, 2.45) is 5.92 Å². The lowest BCUT2D eigenvalue weighted by atomic mass is 10.0. The summed E-state index contributed by atoms with van der Waals surface area (Å²) in [7, 11) is 0. The highest BCUT2D eigenvalue weighted by Crippen LogP contribution is 2.39. The van der Waals surface area contributed by atoms with Crippen molar-refractivity contribution in [2.75, 3.05) is 0 Å². The predicted molar refractivity (Wildman–Crippen MR) is 82.8 cm³/mol. The van der Waals surface area contributed by atoms with Gasteiger partial charge in [0.05, 0.1) is 16.6 Å². The molecule has 0 saturated heterocycles. The van der Waals surface area contributed by atoms with Gasteiger partial charge < -0.3 is 9.67 Å². The number of carboxylic acids is 1. The molecule has 0 radical (unpaired) electrons. The number of hydrogen-bond donors (Lipinski definition) is 1. The van der Waals surface area contributed by atoms with E-state index in [0.717, 1.165) is 16.9 Å². The van der Waals surface area contributed by atoms with Gasteiger partial charge in [0.2, 0.25) is 0 Å². The molecular weight excluding hydrogens is 264 g/mol. The number of aromatic carboxylic acids is 1. The van der Waals surface area contributed by atoms with Gasteiger partial charge in [-0.3, -0.25) is 0 Å². The number of hydrogen-bond acceptors (Lipinski definition) is 2. The number of rotatable bonds is 3. The summed E-state index contributed by atoms with van der Waals surface area (Å²) in [4.78, 5) is 15.9. The lowest BCUT2D eigenvalue weighted by Gasteiger charge is -2.22. The number of fused-ring (bicyclic) bond motifs is 1. The zero-order valence-corrected chi connectivity index (χ0v) is 12.8. The third-order valence-electron chi connectivity index (χ3n) is 4.63. The van der Waals surface area contributed by atoms with Crippen LogP contribution < -0.4 is 0 Å². The molecule has 4 nitrogen and oxygen atoms in total. The second kappa shape index (κ2) is 5.17. The Hall–Kier alpha value is -1.84. The summed E-state index contributed by atoms with van der Waals surface area (Å²) in [5.74, 6) is 1.16. The van der Waals surface area contributed by atoms with E-state index in [-0.39, 0.29) is 0 Å². The number of nitrogens with zero attached hydrogens (tertiary/aromatic N) is 2. The molecule has 1 aromatic heterocycles. The Kier molecular flexibility index (Phi) is 3.47. The maximum absolute atomic E-state index is 11.1. The molecule has 1 aliphatic rings. The largest absolute Gasteiger partial charge is 0.478 e. The van der Waals surface area contributed by atoms with Crippen molar-refractivity contribution >= 4 is 17.0 Å². The minimum atomic E-state index is -0.896. The van der Waals surface area contributed by atoms with E-state index in [1.54, 1.807) is 12.1 Å². The van der Waals surface area contributed by atoms with E-state index in [1.807, 2.05) is 6.07 Å². The summed E-state index contributed by atoms with van der Waals surface area (Å²) in [6, 6.07) is 5.79. The van der Waals surface area contributed by atoms with Crippen LogP contribution in [0.3, 0.4) is 0 Å². The fourth-order valence-corrected chi connectivity index (χ4v) is 3.52. The number of carbonyl (C=O) groups is 1. The second-order valence-electron chi connectivity index (χ2n) is 6.48. The van der Waals surface area contributed by atoms with Crippen LogP contribution in [0.4, 0.5) is 0 Å². The van der Waals surface area contributed by atoms with Gasteiger partial charge in [-0.2, -0.15) is 0 Å². The highest BCUT2D eigenvalue weighted by atomic mass is 16.4. The van der Waals surface area contributed by atoms with Gasteiger partial charge in [0.15, 0.2) is 0 Å². The number of aromatic nitrogens is 2. The molecule has 3 rings (SSSR count). The van der Waals surface area contributed by atoms with Gasteiger partial charge in [-0.25, -0.2) is 9.78 Å². The lowest BCUT2D eigenvalue weighted by Crippen LogP contribution is -2.15. The van der Waals surface area contributed by atoms with E-state index in [1.165, 1.54) is 19.3 Å². The molecule has 1 fully saturated rings. The topological polar surface area (TPSA) is 55.1 Å². The Balaban J connectivity index is 2.20. The van der Waals surface area contributed by atoms with Crippen LogP contribution in [0.5, 0.6) is 0 Å². The maximum Gasteiger partial charge on any atom is 0.335 e. The molecule has 1 N–H and O–H groups in total. The summed E-state index contributed by atoms with van der Waals surface area (Å²) in [5.41, 5.74) is 2.18. The molecule has 1 saturated carbocycles. The van der Waals surface area contributed by atoms with Crippen LogP contribution >= 0.6 is 0 Å².